The van der Waals surface area contributed by atoms with E-state index in [1.807, 2.05) is 18.2 Å². The summed E-state index contributed by atoms with van der Waals surface area (Å²) < 4.78 is 10.5. The first-order chi connectivity index (χ1) is 8.24. The van der Waals surface area contributed by atoms with E-state index in [9.17, 15) is 0 Å². The minimum atomic E-state index is -0.0634. The van der Waals surface area contributed by atoms with Crippen molar-refractivity contribution in [3.05, 3.63) is 53.4 Å². The molecule has 17 heavy (non-hydrogen) atoms. The van der Waals surface area contributed by atoms with Gasteiger partial charge in [-0.1, -0.05) is 17.7 Å². The second kappa shape index (κ2) is 5.75. The summed E-state index contributed by atoms with van der Waals surface area (Å²) in [6.45, 7) is 0.450. The second-order valence-electron chi connectivity index (χ2n) is 3.86. The third kappa shape index (κ3) is 3.80. The highest BCUT2D eigenvalue weighted by Crippen LogP contribution is 2.17. The highest BCUT2D eigenvalue weighted by atomic mass is 35.5. The average molecular weight is 252 g/mol. The molecule has 1 aromatic heterocycles. The number of furan rings is 1. The van der Waals surface area contributed by atoms with Crippen LogP contribution in [0, 0.1) is 0 Å². The molecule has 0 radical (unpaired) electrons. The Morgan fingerprint density at radius 3 is 2.94 bits per heavy atom. The minimum absolute atomic E-state index is 0.0634. The van der Waals surface area contributed by atoms with Gasteiger partial charge in [0.25, 0.3) is 0 Å². The molecule has 2 rings (SSSR count). The molecule has 0 bridgehead atoms. The van der Waals surface area contributed by atoms with Crippen molar-refractivity contribution in [1.82, 2.24) is 0 Å². The monoisotopic (exact) mass is 251 g/mol. The van der Waals surface area contributed by atoms with Crippen LogP contribution in [0.3, 0.4) is 0 Å². The van der Waals surface area contributed by atoms with Crippen LogP contribution in [-0.2, 0) is 6.42 Å². The van der Waals surface area contributed by atoms with Gasteiger partial charge in [0.15, 0.2) is 0 Å². The zero-order valence-corrected chi connectivity index (χ0v) is 10.1. The van der Waals surface area contributed by atoms with Crippen LogP contribution < -0.4 is 10.5 Å². The maximum Gasteiger partial charge on any atom is 0.120 e. The number of benzene rings is 1. The van der Waals surface area contributed by atoms with E-state index in [1.54, 1.807) is 24.7 Å². The molecule has 2 N–H and O–H groups in total. The molecule has 3 nitrogen and oxygen atoms in total. The van der Waals surface area contributed by atoms with Crippen molar-refractivity contribution in [1.29, 1.82) is 0 Å². The largest absolute Gasteiger partial charge is 0.492 e. The lowest BCUT2D eigenvalue weighted by molar-refractivity contribution is 0.287. The Morgan fingerprint density at radius 2 is 2.24 bits per heavy atom. The van der Waals surface area contributed by atoms with E-state index < -0.39 is 0 Å². The first-order valence-corrected chi connectivity index (χ1v) is 5.77. The molecule has 0 fully saturated rings. The van der Waals surface area contributed by atoms with E-state index in [0.717, 1.165) is 17.7 Å². The van der Waals surface area contributed by atoms with Crippen molar-refractivity contribution in [3.63, 3.8) is 0 Å². The molecule has 90 valence electrons. The van der Waals surface area contributed by atoms with Crippen molar-refractivity contribution in [3.8, 4) is 5.75 Å². The van der Waals surface area contributed by atoms with Gasteiger partial charge in [0.05, 0.1) is 12.5 Å². The van der Waals surface area contributed by atoms with E-state index in [0.29, 0.717) is 11.6 Å². The van der Waals surface area contributed by atoms with Gasteiger partial charge in [0.1, 0.15) is 12.4 Å². The van der Waals surface area contributed by atoms with Gasteiger partial charge in [-0.05, 0) is 36.2 Å². The molecule has 2 aromatic rings. The fraction of sp³-hybridized carbons (Fsp3) is 0.231. The first-order valence-electron chi connectivity index (χ1n) is 5.39. The first kappa shape index (κ1) is 12.0. The van der Waals surface area contributed by atoms with Gasteiger partial charge < -0.3 is 14.9 Å². The molecular weight excluding hydrogens is 238 g/mol. The minimum Gasteiger partial charge on any atom is -0.492 e. The highest BCUT2D eigenvalue weighted by molar-refractivity contribution is 6.30. The molecule has 0 spiro atoms. The van der Waals surface area contributed by atoms with Crippen LogP contribution in [0.1, 0.15) is 5.56 Å². The molecule has 0 aliphatic heterocycles. The van der Waals surface area contributed by atoms with Crippen LogP contribution in [-0.4, -0.2) is 12.6 Å². The maximum absolute atomic E-state index is 5.95. The number of hydrogen-bond acceptors (Lipinski definition) is 3. The average Bonchev–Trinajstić information content (AvgIpc) is 2.79. The van der Waals surface area contributed by atoms with E-state index >= 15 is 0 Å². The Labute approximate surface area is 105 Å². The van der Waals surface area contributed by atoms with Crippen LogP contribution in [0.25, 0.3) is 0 Å². The summed E-state index contributed by atoms with van der Waals surface area (Å²) in [6, 6.07) is 9.12. The number of halogens is 1. The fourth-order valence-corrected chi connectivity index (χ4v) is 1.71. The topological polar surface area (TPSA) is 48.4 Å². The van der Waals surface area contributed by atoms with Gasteiger partial charge in [0.2, 0.25) is 0 Å². The van der Waals surface area contributed by atoms with E-state index in [-0.39, 0.29) is 6.04 Å². The van der Waals surface area contributed by atoms with Crippen LogP contribution in [0.5, 0.6) is 5.75 Å². The van der Waals surface area contributed by atoms with Gasteiger partial charge in [-0.2, -0.15) is 0 Å². The van der Waals surface area contributed by atoms with E-state index in [1.165, 1.54) is 0 Å². The molecule has 0 saturated heterocycles. The molecule has 4 heteroatoms. The summed E-state index contributed by atoms with van der Waals surface area (Å²) in [5, 5.41) is 0.658. The zero-order valence-electron chi connectivity index (χ0n) is 9.30. The van der Waals surface area contributed by atoms with Crippen molar-refractivity contribution >= 4 is 11.6 Å². The number of hydrogen-bond donors (Lipinski definition) is 1. The summed E-state index contributed by atoms with van der Waals surface area (Å²) >= 11 is 5.85. The lowest BCUT2D eigenvalue weighted by atomic mass is 10.1. The summed E-state index contributed by atoms with van der Waals surface area (Å²) in [5.74, 6) is 0.736. The van der Waals surface area contributed by atoms with E-state index in [2.05, 4.69) is 0 Å². The normalized spacial score (nSPS) is 12.4. The second-order valence-corrected chi connectivity index (χ2v) is 4.30. The van der Waals surface area contributed by atoms with Crippen LogP contribution >= 0.6 is 11.6 Å². The Balaban J connectivity index is 1.82. The molecule has 1 unspecified atom stereocenters. The summed E-state index contributed by atoms with van der Waals surface area (Å²) in [6.07, 6.45) is 4.07. The SMILES string of the molecule is NC(COc1cccc(Cl)c1)Cc1ccoc1. The number of nitrogens with two attached hydrogens (primary N) is 1. The maximum atomic E-state index is 5.95. The lowest BCUT2D eigenvalue weighted by Gasteiger charge is -2.12. The third-order valence-corrected chi connectivity index (χ3v) is 2.57. The predicted octanol–water partition coefficient (Wildman–Crippen LogP) is 2.88. The molecule has 0 amide bonds. The number of rotatable bonds is 5. The Hall–Kier alpha value is -1.45. The third-order valence-electron chi connectivity index (χ3n) is 2.34. The van der Waals surface area contributed by atoms with Gasteiger partial charge in [0, 0.05) is 11.1 Å². The molecule has 0 aliphatic rings. The van der Waals surface area contributed by atoms with Gasteiger partial charge in [-0.15, -0.1) is 0 Å². The molecule has 0 saturated carbocycles. The van der Waals surface area contributed by atoms with Crippen LogP contribution in [0.2, 0.25) is 5.02 Å². The Bertz CT molecular complexity index is 456. The van der Waals surface area contributed by atoms with Crippen molar-refractivity contribution in [2.45, 2.75) is 12.5 Å². The van der Waals surface area contributed by atoms with Crippen molar-refractivity contribution in [2.75, 3.05) is 6.61 Å². The Kier molecular flexibility index (Phi) is 4.07. The predicted molar refractivity (Wildman–Crippen MR) is 67.3 cm³/mol. The highest BCUT2D eigenvalue weighted by Gasteiger charge is 2.06. The molecule has 0 aliphatic carbocycles. The van der Waals surface area contributed by atoms with Crippen LogP contribution in [0.15, 0.2) is 47.3 Å². The lowest BCUT2D eigenvalue weighted by Crippen LogP contribution is -2.29. The van der Waals surface area contributed by atoms with Crippen LogP contribution in [0.4, 0.5) is 0 Å². The van der Waals surface area contributed by atoms with Crippen molar-refractivity contribution < 1.29 is 9.15 Å². The zero-order chi connectivity index (χ0) is 12.1. The molecule has 1 heterocycles. The molecule has 1 aromatic carbocycles. The molecule has 1 atom stereocenters. The molecular formula is C13H14ClNO2. The summed E-state index contributed by atoms with van der Waals surface area (Å²) in [7, 11) is 0. The van der Waals surface area contributed by atoms with E-state index in [4.69, 9.17) is 26.5 Å². The summed E-state index contributed by atoms with van der Waals surface area (Å²) in [5.41, 5.74) is 7.03. The standard InChI is InChI=1S/C13H14ClNO2/c14-11-2-1-3-13(7-11)17-9-12(15)6-10-4-5-16-8-10/h1-5,7-8,12H,6,9,15H2. The fourth-order valence-electron chi connectivity index (χ4n) is 1.53. The van der Waals surface area contributed by atoms with Gasteiger partial charge >= 0.3 is 0 Å². The van der Waals surface area contributed by atoms with Crippen molar-refractivity contribution in [2.24, 2.45) is 5.73 Å². The smallest absolute Gasteiger partial charge is 0.120 e. The quantitative estimate of drug-likeness (QED) is 0.889. The Morgan fingerprint density at radius 1 is 1.35 bits per heavy atom. The number of ether oxygens (including phenoxy) is 1. The van der Waals surface area contributed by atoms with Gasteiger partial charge in [-0.25, -0.2) is 0 Å². The van der Waals surface area contributed by atoms with Gasteiger partial charge in [-0.3, -0.25) is 0 Å². The summed E-state index contributed by atoms with van der Waals surface area (Å²) in [4.78, 5) is 0.